The van der Waals surface area contributed by atoms with E-state index in [0.717, 1.165) is 0 Å². The molecule has 29 heavy (non-hydrogen) atoms. The largest absolute Gasteiger partial charge is 0.497 e. The molecule has 0 spiro atoms. The van der Waals surface area contributed by atoms with Crippen LogP contribution in [0.15, 0.2) is 36.8 Å². The van der Waals surface area contributed by atoms with Crippen molar-refractivity contribution in [2.24, 2.45) is 5.92 Å². The topological polar surface area (TPSA) is 132 Å². The van der Waals surface area contributed by atoms with Gasteiger partial charge >= 0.3 is 0 Å². The molecule has 3 amide bonds. The van der Waals surface area contributed by atoms with E-state index in [1.807, 2.05) is 0 Å². The Morgan fingerprint density at radius 2 is 1.59 bits per heavy atom. The highest BCUT2D eigenvalue weighted by Gasteiger charge is 2.25. The maximum atomic E-state index is 12.7. The molecule has 1 atom stereocenters. The van der Waals surface area contributed by atoms with Gasteiger partial charge in [0.25, 0.3) is 17.7 Å². The molecule has 2 aromatic rings. The van der Waals surface area contributed by atoms with E-state index >= 15 is 0 Å². The SMILES string of the molecule is COc1cc(OC)cc(C(=O)NC(C(=O)NNC(=O)c2cnccn2)C(C)C)c1. The second-order valence-corrected chi connectivity index (χ2v) is 6.33. The number of rotatable bonds is 7. The van der Waals surface area contributed by atoms with Gasteiger partial charge < -0.3 is 14.8 Å². The maximum absolute atomic E-state index is 12.7. The predicted octanol–water partition coefficient (Wildman–Crippen LogP) is 0.709. The first-order valence-corrected chi connectivity index (χ1v) is 8.75. The number of carbonyl (C=O) groups excluding carboxylic acids is 3. The normalized spacial score (nSPS) is 11.3. The number of ether oxygens (including phenoxy) is 2. The maximum Gasteiger partial charge on any atom is 0.289 e. The van der Waals surface area contributed by atoms with E-state index in [0.29, 0.717) is 11.5 Å². The molecule has 154 valence electrons. The van der Waals surface area contributed by atoms with E-state index < -0.39 is 23.8 Å². The Balaban J connectivity index is 2.06. The van der Waals surface area contributed by atoms with Crippen LogP contribution in [0.3, 0.4) is 0 Å². The van der Waals surface area contributed by atoms with Crippen molar-refractivity contribution in [2.75, 3.05) is 14.2 Å². The molecular weight excluding hydrogens is 378 g/mol. The number of carbonyl (C=O) groups is 3. The minimum Gasteiger partial charge on any atom is -0.497 e. The quantitative estimate of drug-likeness (QED) is 0.582. The highest BCUT2D eigenvalue weighted by Crippen LogP contribution is 2.22. The lowest BCUT2D eigenvalue weighted by molar-refractivity contribution is -0.124. The van der Waals surface area contributed by atoms with Crippen molar-refractivity contribution in [2.45, 2.75) is 19.9 Å². The third-order valence-electron chi connectivity index (χ3n) is 3.94. The van der Waals surface area contributed by atoms with Crippen molar-refractivity contribution in [1.82, 2.24) is 26.1 Å². The van der Waals surface area contributed by atoms with Gasteiger partial charge in [0.2, 0.25) is 0 Å². The summed E-state index contributed by atoms with van der Waals surface area (Å²) in [6.07, 6.45) is 4.04. The summed E-state index contributed by atoms with van der Waals surface area (Å²) in [5, 5.41) is 2.66. The molecule has 0 saturated heterocycles. The zero-order valence-electron chi connectivity index (χ0n) is 16.6. The van der Waals surface area contributed by atoms with E-state index in [1.54, 1.807) is 19.9 Å². The van der Waals surface area contributed by atoms with Crippen molar-refractivity contribution in [3.63, 3.8) is 0 Å². The van der Waals surface area contributed by atoms with Crippen LogP contribution < -0.4 is 25.6 Å². The molecule has 1 heterocycles. The Kier molecular flexibility index (Phi) is 7.47. The van der Waals surface area contributed by atoms with Crippen LogP contribution in [0, 0.1) is 5.92 Å². The molecule has 1 aromatic heterocycles. The fraction of sp³-hybridized carbons (Fsp3) is 0.316. The number of nitrogens with zero attached hydrogens (tertiary/aromatic N) is 2. The Morgan fingerprint density at radius 1 is 0.931 bits per heavy atom. The third kappa shape index (κ3) is 5.89. The van der Waals surface area contributed by atoms with Gasteiger partial charge in [0.1, 0.15) is 23.2 Å². The van der Waals surface area contributed by atoms with Gasteiger partial charge in [-0.15, -0.1) is 0 Å². The molecule has 10 nitrogen and oxygen atoms in total. The summed E-state index contributed by atoms with van der Waals surface area (Å²) in [5.74, 6) is -1.07. The molecule has 0 radical (unpaired) electrons. The number of amides is 3. The molecule has 3 N–H and O–H groups in total. The monoisotopic (exact) mass is 401 g/mol. The van der Waals surface area contributed by atoms with Crippen molar-refractivity contribution in [1.29, 1.82) is 0 Å². The molecule has 1 unspecified atom stereocenters. The summed E-state index contributed by atoms with van der Waals surface area (Å²) in [6.45, 7) is 3.53. The van der Waals surface area contributed by atoms with Gasteiger partial charge in [-0.2, -0.15) is 0 Å². The van der Waals surface area contributed by atoms with Gasteiger partial charge in [-0.05, 0) is 18.1 Å². The van der Waals surface area contributed by atoms with Crippen molar-refractivity contribution in [3.8, 4) is 11.5 Å². The van der Waals surface area contributed by atoms with E-state index in [4.69, 9.17) is 9.47 Å². The predicted molar refractivity (Wildman–Crippen MR) is 103 cm³/mol. The second-order valence-electron chi connectivity index (χ2n) is 6.33. The van der Waals surface area contributed by atoms with Gasteiger partial charge in [0.05, 0.1) is 20.4 Å². The van der Waals surface area contributed by atoms with Crippen LogP contribution in [-0.2, 0) is 4.79 Å². The average molecular weight is 401 g/mol. The van der Waals surface area contributed by atoms with Crippen LogP contribution in [0.1, 0.15) is 34.7 Å². The summed E-state index contributed by atoms with van der Waals surface area (Å²) in [4.78, 5) is 44.8. The molecule has 0 bridgehead atoms. The fourth-order valence-electron chi connectivity index (χ4n) is 2.37. The number of methoxy groups -OCH3 is 2. The number of nitrogens with one attached hydrogen (secondary N) is 3. The van der Waals surface area contributed by atoms with Gasteiger partial charge in [0, 0.05) is 24.0 Å². The van der Waals surface area contributed by atoms with Gasteiger partial charge in [-0.25, -0.2) is 4.98 Å². The first-order valence-electron chi connectivity index (χ1n) is 8.75. The highest BCUT2D eigenvalue weighted by atomic mass is 16.5. The zero-order chi connectivity index (χ0) is 21.4. The molecular formula is C19H23N5O5. The summed E-state index contributed by atoms with van der Waals surface area (Å²) in [5.41, 5.74) is 4.86. The molecule has 0 saturated carbocycles. The number of hydrazine groups is 1. The van der Waals surface area contributed by atoms with Crippen LogP contribution in [-0.4, -0.2) is 48.0 Å². The smallest absolute Gasteiger partial charge is 0.289 e. The van der Waals surface area contributed by atoms with E-state index in [-0.39, 0.29) is 17.2 Å². The van der Waals surface area contributed by atoms with Crippen LogP contribution in [0.25, 0.3) is 0 Å². The first kappa shape index (κ1) is 21.6. The van der Waals surface area contributed by atoms with Crippen molar-refractivity contribution < 1.29 is 23.9 Å². The van der Waals surface area contributed by atoms with Gasteiger partial charge in [0.15, 0.2) is 0 Å². The second kappa shape index (κ2) is 10.0. The van der Waals surface area contributed by atoms with Crippen LogP contribution in [0.5, 0.6) is 11.5 Å². The lowest BCUT2D eigenvalue weighted by Crippen LogP contribution is -2.54. The molecule has 0 fully saturated rings. The Bertz CT molecular complexity index is 850. The van der Waals surface area contributed by atoms with Crippen LogP contribution >= 0.6 is 0 Å². The molecule has 0 aliphatic carbocycles. The van der Waals surface area contributed by atoms with Crippen molar-refractivity contribution >= 4 is 17.7 Å². The number of hydrogen-bond donors (Lipinski definition) is 3. The summed E-state index contributed by atoms with van der Waals surface area (Å²) in [7, 11) is 2.95. The lowest BCUT2D eigenvalue weighted by atomic mass is 10.0. The van der Waals surface area contributed by atoms with Crippen molar-refractivity contribution in [3.05, 3.63) is 48.0 Å². The zero-order valence-corrected chi connectivity index (χ0v) is 16.6. The Labute approximate surface area is 168 Å². The Morgan fingerprint density at radius 3 is 2.10 bits per heavy atom. The molecule has 1 aromatic carbocycles. The number of aromatic nitrogens is 2. The van der Waals surface area contributed by atoms with Crippen LogP contribution in [0.4, 0.5) is 0 Å². The van der Waals surface area contributed by atoms with E-state index in [1.165, 1.54) is 44.9 Å². The minimum atomic E-state index is -0.901. The molecule has 0 aliphatic heterocycles. The highest BCUT2D eigenvalue weighted by molar-refractivity contribution is 5.99. The average Bonchev–Trinajstić information content (AvgIpc) is 2.75. The molecule has 2 rings (SSSR count). The lowest BCUT2D eigenvalue weighted by Gasteiger charge is -2.22. The summed E-state index contributed by atoms with van der Waals surface area (Å²) < 4.78 is 10.3. The van der Waals surface area contributed by atoms with Gasteiger partial charge in [-0.3, -0.25) is 30.2 Å². The third-order valence-corrected chi connectivity index (χ3v) is 3.94. The molecule has 0 aliphatic rings. The summed E-state index contributed by atoms with van der Waals surface area (Å²) >= 11 is 0. The first-order chi connectivity index (χ1) is 13.8. The summed E-state index contributed by atoms with van der Waals surface area (Å²) in [6, 6.07) is 3.79. The standard InChI is InChI=1S/C19H23N5O5/c1-11(2)16(19(27)24-23-18(26)15-10-20-5-6-21-15)22-17(25)12-7-13(28-3)9-14(8-12)29-4/h5-11,16H,1-4H3,(H,22,25)(H,23,26)(H,24,27). The fourth-order valence-corrected chi connectivity index (χ4v) is 2.37. The number of hydrogen-bond acceptors (Lipinski definition) is 7. The van der Waals surface area contributed by atoms with Crippen LogP contribution in [0.2, 0.25) is 0 Å². The minimum absolute atomic E-state index is 0.0430. The van der Waals surface area contributed by atoms with E-state index in [9.17, 15) is 14.4 Å². The Hall–Kier alpha value is -3.69. The molecule has 10 heteroatoms. The van der Waals surface area contributed by atoms with E-state index in [2.05, 4.69) is 26.1 Å². The number of benzene rings is 1. The van der Waals surface area contributed by atoms with Gasteiger partial charge in [-0.1, -0.05) is 13.8 Å².